The number of ether oxygens (including phenoxy) is 2. The molecule has 0 bridgehead atoms. The third-order valence-electron chi connectivity index (χ3n) is 6.91. The molecule has 4 rings (SSSR count). The highest BCUT2D eigenvalue weighted by Gasteiger charge is 2.33. The number of amides is 3. The van der Waals surface area contributed by atoms with Gasteiger partial charge in [-0.15, -0.1) is 0 Å². The molecule has 1 aliphatic rings. The van der Waals surface area contributed by atoms with E-state index in [0.29, 0.717) is 79.5 Å². The van der Waals surface area contributed by atoms with Gasteiger partial charge in [0.05, 0.1) is 18.2 Å². The molecule has 0 saturated heterocycles. The largest absolute Gasteiger partial charge is 0.449 e. The SMILES string of the molecule is COCCN(CCOC)C(=O)[C@H]1CC[C@H](C(=O)Nc2c(C(=O)Nc3ccc(Cl)cn3)oc3ccccc23)CC1. The number of carbonyl (C=O) groups is 3. The first-order valence-electron chi connectivity index (χ1n) is 12.9. The number of halogens is 1. The summed E-state index contributed by atoms with van der Waals surface area (Å²) in [4.78, 5) is 45.4. The van der Waals surface area contributed by atoms with Crippen LogP contribution in [0.5, 0.6) is 0 Å². The second-order valence-corrected chi connectivity index (χ2v) is 9.90. The zero-order chi connectivity index (χ0) is 27.8. The quantitative estimate of drug-likeness (QED) is 0.354. The summed E-state index contributed by atoms with van der Waals surface area (Å²) in [5.74, 6) is -0.834. The maximum atomic E-state index is 13.3. The van der Waals surface area contributed by atoms with Crippen molar-refractivity contribution in [2.45, 2.75) is 25.7 Å². The van der Waals surface area contributed by atoms with Gasteiger partial charge >= 0.3 is 0 Å². The van der Waals surface area contributed by atoms with Crippen molar-refractivity contribution in [3.05, 3.63) is 53.4 Å². The van der Waals surface area contributed by atoms with Gasteiger partial charge in [0.25, 0.3) is 5.91 Å². The summed E-state index contributed by atoms with van der Waals surface area (Å²) < 4.78 is 16.1. The van der Waals surface area contributed by atoms with Crippen molar-refractivity contribution in [1.29, 1.82) is 0 Å². The minimum Gasteiger partial charge on any atom is -0.449 e. The van der Waals surface area contributed by atoms with E-state index in [1.165, 1.54) is 6.20 Å². The molecule has 0 spiro atoms. The number of hydrogen-bond donors (Lipinski definition) is 2. The Morgan fingerprint density at radius 2 is 1.64 bits per heavy atom. The highest BCUT2D eigenvalue weighted by Crippen LogP contribution is 2.35. The lowest BCUT2D eigenvalue weighted by Gasteiger charge is -2.31. The Morgan fingerprint density at radius 3 is 2.28 bits per heavy atom. The number of nitrogens with one attached hydrogen (secondary N) is 2. The van der Waals surface area contributed by atoms with Crippen LogP contribution >= 0.6 is 11.6 Å². The number of hydrogen-bond acceptors (Lipinski definition) is 7. The molecular weight excluding hydrogens is 524 g/mol. The van der Waals surface area contributed by atoms with Gasteiger partial charge in [0.1, 0.15) is 17.1 Å². The Hall–Kier alpha value is -3.47. The van der Waals surface area contributed by atoms with Gasteiger partial charge in [-0.3, -0.25) is 14.4 Å². The van der Waals surface area contributed by atoms with Crippen molar-refractivity contribution in [3.63, 3.8) is 0 Å². The molecule has 208 valence electrons. The lowest BCUT2D eigenvalue weighted by Crippen LogP contribution is -2.42. The van der Waals surface area contributed by atoms with E-state index in [1.807, 2.05) is 6.07 Å². The highest BCUT2D eigenvalue weighted by molar-refractivity contribution is 6.30. The van der Waals surface area contributed by atoms with Crippen LogP contribution in [0.4, 0.5) is 11.5 Å². The van der Waals surface area contributed by atoms with Gasteiger partial charge in [0.2, 0.25) is 17.6 Å². The minimum atomic E-state index is -0.544. The summed E-state index contributed by atoms with van der Waals surface area (Å²) in [6, 6.07) is 10.3. The van der Waals surface area contributed by atoms with Crippen LogP contribution < -0.4 is 10.6 Å². The first kappa shape index (κ1) is 28.5. The van der Waals surface area contributed by atoms with Crippen LogP contribution in [0.3, 0.4) is 0 Å². The first-order chi connectivity index (χ1) is 18.9. The molecule has 0 atom stereocenters. The lowest BCUT2D eigenvalue weighted by atomic mass is 9.81. The summed E-state index contributed by atoms with van der Waals surface area (Å²) in [6.45, 7) is 1.91. The maximum Gasteiger partial charge on any atom is 0.294 e. The van der Waals surface area contributed by atoms with E-state index in [0.717, 1.165) is 0 Å². The maximum absolute atomic E-state index is 13.3. The third kappa shape index (κ3) is 7.14. The monoisotopic (exact) mass is 556 g/mol. The van der Waals surface area contributed by atoms with E-state index in [4.69, 9.17) is 25.5 Å². The average molecular weight is 557 g/mol. The van der Waals surface area contributed by atoms with E-state index >= 15 is 0 Å². The predicted molar refractivity (Wildman–Crippen MR) is 148 cm³/mol. The number of anilines is 2. The van der Waals surface area contributed by atoms with Crippen LogP contribution in [0.15, 0.2) is 47.0 Å². The molecule has 11 heteroatoms. The molecule has 1 fully saturated rings. The Kier molecular flexibility index (Phi) is 9.91. The van der Waals surface area contributed by atoms with E-state index < -0.39 is 5.91 Å². The zero-order valence-electron chi connectivity index (χ0n) is 22.1. The molecule has 2 heterocycles. The Balaban J connectivity index is 1.43. The topological polar surface area (TPSA) is 123 Å². The number of aromatic nitrogens is 1. The molecule has 2 N–H and O–H groups in total. The molecule has 1 aliphatic carbocycles. The number of furan rings is 1. The third-order valence-corrected chi connectivity index (χ3v) is 7.13. The second-order valence-electron chi connectivity index (χ2n) is 9.47. The molecule has 10 nitrogen and oxygen atoms in total. The van der Waals surface area contributed by atoms with Crippen LogP contribution in [0.2, 0.25) is 5.02 Å². The number of nitrogens with zero attached hydrogens (tertiary/aromatic N) is 2. The number of benzene rings is 1. The first-order valence-corrected chi connectivity index (χ1v) is 13.3. The summed E-state index contributed by atoms with van der Waals surface area (Å²) in [7, 11) is 3.21. The molecule has 1 aromatic carbocycles. The molecule has 0 unspecified atom stereocenters. The van der Waals surface area contributed by atoms with Crippen LogP contribution in [0.1, 0.15) is 36.2 Å². The molecular formula is C28H33ClN4O6. The van der Waals surface area contributed by atoms with Crippen LogP contribution in [0.25, 0.3) is 11.0 Å². The van der Waals surface area contributed by atoms with Crippen LogP contribution in [0, 0.1) is 11.8 Å². The Morgan fingerprint density at radius 1 is 0.974 bits per heavy atom. The van der Waals surface area contributed by atoms with Crippen molar-refractivity contribution in [2.75, 3.05) is 51.2 Å². The van der Waals surface area contributed by atoms with Crippen molar-refractivity contribution in [1.82, 2.24) is 9.88 Å². The number of methoxy groups -OCH3 is 2. The minimum absolute atomic E-state index is 0.0166. The van der Waals surface area contributed by atoms with E-state index in [-0.39, 0.29) is 29.4 Å². The average Bonchev–Trinajstić information content (AvgIpc) is 3.32. The predicted octanol–water partition coefficient (Wildman–Crippen LogP) is 4.60. The molecule has 1 saturated carbocycles. The summed E-state index contributed by atoms with van der Waals surface area (Å²) in [6.07, 6.45) is 3.77. The molecule has 0 radical (unpaired) electrons. The number of rotatable bonds is 11. The fourth-order valence-electron chi connectivity index (χ4n) is 4.77. The van der Waals surface area contributed by atoms with E-state index in [1.54, 1.807) is 49.5 Å². The van der Waals surface area contributed by atoms with Crippen LogP contribution in [-0.4, -0.2) is 68.1 Å². The van der Waals surface area contributed by atoms with Gasteiger partial charge in [0.15, 0.2) is 0 Å². The van der Waals surface area contributed by atoms with E-state index in [9.17, 15) is 14.4 Å². The molecule has 3 aromatic rings. The zero-order valence-corrected chi connectivity index (χ0v) is 22.8. The fraction of sp³-hybridized carbons (Fsp3) is 0.429. The smallest absolute Gasteiger partial charge is 0.294 e. The number of fused-ring (bicyclic) bond motifs is 1. The van der Waals surface area contributed by atoms with Gasteiger partial charge in [-0.2, -0.15) is 0 Å². The Bertz CT molecular complexity index is 1280. The summed E-state index contributed by atoms with van der Waals surface area (Å²) >= 11 is 5.88. The van der Waals surface area contributed by atoms with Gasteiger partial charge in [-0.1, -0.05) is 23.7 Å². The summed E-state index contributed by atoms with van der Waals surface area (Å²) in [5.41, 5.74) is 0.786. The van der Waals surface area contributed by atoms with Gasteiger partial charge in [-0.25, -0.2) is 4.98 Å². The van der Waals surface area contributed by atoms with Crippen molar-refractivity contribution < 1.29 is 28.3 Å². The van der Waals surface area contributed by atoms with E-state index in [2.05, 4.69) is 15.6 Å². The molecule has 0 aliphatic heterocycles. The van der Waals surface area contributed by atoms with Crippen LogP contribution in [-0.2, 0) is 19.1 Å². The van der Waals surface area contributed by atoms with Crippen molar-refractivity contribution in [3.8, 4) is 0 Å². The molecule has 3 amide bonds. The molecule has 39 heavy (non-hydrogen) atoms. The molecule has 2 aromatic heterocycles. The summed E-state index contributed by atoms with van der Waals surface area (Å²) in [5, 5.41) is 6.69. The standard InChI is InChI=1S/C28H33ClN4O6/c1-37-15-13-33(14-16-38-2)28(36)19-9-7-18(8-10-19)26(34)32-24-21-5-3-4-6-22(21)39-25(24)27(35)31-23-12-11-20(29)17-30-23/h3-6,11-12,17-19H,7-10,13-16H2,1-2H3,(H,32,34)(H,30,31,35)/t18-,19-. The lowest BCUT2D eigenvalue weighted by molar-refractivity contribution is -0.139. The number of pyridine rings is 1. The highest BCUT2D eigenvalue weighted by atomic mass is 35.5. The Labute approximate surface area is 232 Å². The fourth-order valence-corrected chi connectivity index (χ4v) is 4.89. The number of para-hydroxylation sites is 1. The normalized spacial score (nSPS) is 17.1. The van der Waals surface area contributed by atoms with Crippen molar-refractivity contribution >= 4 is 51.8 Å². The van der Waals surface area contributed by atoms with Gasteiger partial charge in [-0.05, 0) is 49.9 Å². The van der Waals surface area contributed by atoms with Gasteiger partial charge < -0.3 is 29.4 Å². The second kappa shape index (κ2) is 13.5. The van der Waals surface area contributed by atoms with Crippen molar-refractivity contribution in [2.24, 2.45) is 11.8 Å². The van der Waals surface area contributed by atoms with Gasteiger partial charge in [0, 0.05) is 50.7 Å². The number of carbonyl (C=O) groups excluding carboxylic acids is 3.